The molecule has 0 heterocycles. The average Bonchev–Trinajstić information content (AvgIpc) is 2.43. The molecule has 0 aromatic carbocycles. The Bertz CT molecular complexity index is 53.2. The van der Waals surface area contributed by atoms with E-state index in [1.807, 2.05) is 7.05 Å². The summed E-state index contributed by atoms with van der Waals surface area (Å²) in [5, 5.41) is 3.24. The fourth-order valence-electron chi connectivity index (χ4n) is 1.05. The molecule has 2 atom stereocenters. The highest BCUT2D eigenvalue weighted by atomic mass is 14.9. The summed E-state index contributed by atoms with van der Waals surface area (Å²) in [4.78, 5) is 0. The summed E-state index contributed by atoms with van der Waals surface area (Å²) in [5.41, 5.74) is 0. The van der Waals surface area contributed by atoms with Gasteiger partial charge in [0.25, 0.3) is 0 Å². The minimum atomic E-state index is 0.866. The number of nitrogens with one attached hydrogen (secondary N) is 1. The normalized spacial score (nSPS) is 38.6. The third-order valence-electron chi connectivity index (χ3n) is 1.82. The maximum Gasteiger partial charge on any atom is 0.00960 e. The van der Waals surface area contributed by atoms with Gasteiger partial charge in [-0.2, -0.15) is 0 Å². The van der Waals surface area contributed by atoms with Crippen molar-refractivity contribution in [1.82, 2.24) is 5.32 Å². The van der Waals surface area contributed by atoms with E-state index < -0.39 is 0 Å². The van der Waals surface area contributed by atoms with Crippen molar-refractivity contribution in [3.05, 3.63) is 0 Å². The van der Waals surface area contributed by atoms with Crippen LogP contribution in [-0.4, -0.2) is 13.1 Å². The zero-order valence-electron chi connectivity index (χ0n) is 5.07. The van der Waals surface area contributed by atoms with Crippen molar-refractivity contribution in [3.63, 3.8) is 0 Å². The van der Waals surface area contributed by atoms with Crippen molar-refractivity contribution in [2.45, 2.75) is 25.8 Å². The predicted molar refractivity (Wildman–Crippen MR) is 31.2 cm³/mol. The second kappa shape index (κ2) is 1.83. The Morgan fingerprint density at radius 3 is 2.57 bits per heavy atom. The first-order valence-corrected chi connectivity index (χ1v) is 3.05. The molecule has 7 heavy (non-hydrogen) atoms. The second-order valence-electron chi connectivity index (χ2n) is 2.30. The van der Waals surface area contributed by atoms with Crippen LogP contribution >= 0.6 is 0 Å². The summed E-state index contributed by atoms with van der Waals surface area (Å²) >= 11 is 0. The van der Waals surface area contributed by atoms with E-state index in [0.717, 1.165) is 12.0 Å². The molecule has 0 spiro atoms. The van der Waals surface area contributed by atoms with Crippen molar-refractivity contribution in [3.8, 4) is 0 Å². The fraction of sp³-hybridized carbons (Fsp3) is 1.00. The molecule has 0 amide bonds. The largest absolute Gasteiger partial charge is 0.317 e. The SMILES string of the molecule is CC[C@@H]1CC1NC. The van der Waals surface area contributed by atoms with E-state index in [2.05, 4.69) is 12.2 Å². The van der Waals surface area contributed by atoms with Gasteiger partial charge in [0.05, 0.1) is 0 Å². The number of hydrogen-bond acceptors (Lipinski definition) is 1. The Labute approximate surface area is 45.1 Å². The van der Waals surface area contributed by atoms with Crippen LogP contribution in [0, 0.1) is 5.92 Å². The average molecular weight is 99.2 g/mol. The zero-order valence-corrected chi connectivity index (χ0v) is 5.07. The first kappa shape index (κ1) is 5.10. The van der Waals surface area contributed by atoms with Crippen molar-refractivity contribution in [2.24, 2.45) is 5.92 Å². The lowest BCUT2D eigenvalue weighted by atomic mass is 10.3. The summed E-state index contributed by atoms with van der Waals surface area (Å²) in [7, 11) is 2.04. The molecule has 1 saturated carbocycles. The highest BCUT2D eigenvalue weighted by Gasteiger charge is 2.33. The molecule has 42 valence electrons. The summed E-state index contributed by atoms with van der Waals surface area (Å²) < 4.78 is 0. The van der Waals surface area contributed by atoms with Crippen molar-refractivity contribution in [2.75, 3.05) is 7.05 Å². The van der Waals surface area contributed by atoms with Gasteiger partial charge in [0, 0.05) is 6.04 Å². The molecule has 1 unspecified atom stereocenters. The lowest BCUT2D eigenvalue weighted by Gasteiger charge is -1.89. The van der Waals surface area contributed by atoms with Crippen LogP contribution in [0.15, 0.2) is 0 Å². The fourth-order valence-corrected chi connectivity index (χ4v) is 1.05. The first-order valence-electron chi connectivity index (χ1n) is 3.05. The quantitative estimate of drug-likeness (QED) is 0.544. The lowest BCUT2D eigenvalue weighted by molar-refractivity contribution is 0.687. The maximum absolute atomic E-state index is 3.24. The van der Waals surface area contributed by atoms with Crippen LogP contribution in [0.3, 0.4) is 0 Å². The molecular formula is C6H13N. The van der Waals surface area contributed by atoms with Gasteiger partial charge in [0.1, 0.15) is 0 Å². The molecule has 0 aromatic heterocycles. The number of hydrogen-bond donors (Lipinski definition) is 1. The monoisotopic (exact) mass is 99.1 g/mol. The molecule has 0 bridgehead atoms. The van der Waals surface area contributed by atoms with E-state index in [0.29, 0.717) is 0 Å². The van der Waals surface area contributed by atoms with Gasteiger partial charge >= 0.3 is 0 Å². The van der Waals surface area contributed by atoms with Crippen LogP contribution in [0.5, 0.6) is 0 Å². The van der Waals surface area contributed by atoms with Gasteiger partial charge in [-0.05, 0) is 19.4 Å². The topological polar surface area (TPSA) is 12.0 Å². The van der Waals surface area contributed by atoms with Crippen molar-refractivity contribution >= 4 is 0 Å². The van der Waals surface area contributed by atoms with Crippen LogP contribution < -0.4 is 5.32 Å². The molecule has 1 rings (SSSR count). The Balaban J connectivity index is 2.06. The molecule has 1 fully saturated rings. The van der Waals surface area contributed by atoms with E-state index in [1.54, 1.807) is 0 Å². The first-order chi connectivity index (χ1) is 3.38. The molecule has 0 radical (unpaired) electrons. The van der Waals surface area contributed by atoms with Crippen LogP contribution in [0.4, 0.5) is 0 Å². The molecule has 1 N–H and O–H groups in total. The van der Waals surface area contributed by atoms with Gasteiger partial charge in [-0.3, -0.25) is 0 Å². The van der Waals surface area contributed by atoms with Gasteiger partial charge in [0.2, 0.25) is 0 Å². The lowest BCUT2D eigenvalue weighted by Crippen LogP contribution is -2.10. The molecule has 0 aromatic rings. The zero-order chi connectivity index (χ0) is 5.28. The molecule has 1 aliphatic rings. The van der Waals surface area contributed by atoms with Gasteiger partial charge in [-0.25, -0.2) is 0 Å². The third-order valence-corrected chi connectivity index (χ3v) is 1.82. The maximum atomic E-state index is 3.24. The molecular weight excluding hydrogens is 86.1 g/mol. The molecule has 1 nitrogen and oxygen atoms in total. The van der Waals surface area contributed by atoms with Gasteiger partial charge < -0.3 is 5.32 Å². The summed E-state index contributed by atoms with van der Waals surface area (Å²) in [6.07, 6.45) is 2.76. The molecule has 0 saturated heterocycles. The Hall–Kier alpha value is -0.0400. The minimum absolute atomic E-state index is 0.866. The number of rotatable bonds is 2. The summed E-state index contributed by atoms with van der Waals surface area (Å²) in [6, 6.07) is 0.866. The predicted octanol–water partition coefficient (Wildman–Crippen LogP) is 1.00. The third kappa shape index (κ3) is 0.942. The van der Waals surface area contributed by atoms with Crippen molar-refractivity contribution < 1.29 is 0 Å². The van der Waals surface area contributed by atoms with Crippen LogP contribution in [-0.2, 0) is 0 Å². The Morgan fingerprint density at radius 1 is 1.71 bits per heavy atom. The van der Waals surface area contributed by atoms with Crippen LogP contribution in [0.2, 0.25) is 0 Å². The van der Waals surface area contributed by atoms with Crippen LogP contribution in [0.25, 0.3) is 0 Å². The standard InChI is InChI=1S/C6H13N/c1-3-5-4-6(5)7-2/h5-7H,3-4H2,1-2H3/t5-,6?/m1/s1. The molecule has 1 heteroatoms. The van der Waals surface area contributed by atoms with E-state index in [-0.39, 0.29) is 0 Å². The highest BCUT2D eigenvalue weighted by Crippen LogP contribution is 2.32. The Kier molecular flexibility index (Phi) is 1.33. The second-order valence-corrected chi connectivity index (χ2v) is 2.30. The van der Waals surface area contributed by atoms with E-state index in [4.69, 9.17) is 0 Å². The van der Waals surface area contributed by atoms with Gasteiger partial charge in [-0.15, -0.1) is 0 Å². The van der Waals surface area contributed by atoms with E-state index in [9.17, 15) is 0 Å². The van der Waals surface area contributed by atoms with Gasteiger partial charge in [-0.1, -0.05) is 13.3 Å². The van der Waals surface area contributed by atoms with Crippen LogP contribution in [0.1, 0.15) is 19.8 Å². The smallest absolute Gasteiger partial charge is 0.00960 e. The molecule has 0 aliphatic heterocycles. The van der Waals surface area contributed by atoms with E-state index in [1.165, 1.54) is 12.8 Å². The van der Waals surface area contributed by atoms with Crippen molar-refractivity contribution in [1.29, 1.82) is 0 Å². The molecule has 1 aliphatic carbocycles. The van der Waals surface area contributed by atoms with Gasteiger partial charge in [0.15, 0.2) is 0 Å². The summed E-state index contributed by atoms with van der Waals surface area (Å²) in [6.45, 7) is 2.25. The minimum Gasteiger partial charge on any atom is -0.317 e. The highest BCUT2D eigenvalue weighted by molar-refractivity contribution is 4.90. The summed E-state index contributed by atoms with van der Waals surface area (Å²) in [5.74, 6) is 1.00. The Morgan fingerprint density at radius 2 is 2.43 bits per heavy atom. The van der Waals surface area contributed by atoms with E-state index >= 15 is 0 Å².